The number of ether oxygens (including phenoxy) is 1. The molecule has 0 radical (unpaired) electrons. The number of aliphatic hydroxyl groups is 1. The van der Waals surface area contributed by atoms with Crippen LogP contribution in [0.15, 0.2) is 36.5 Å². The Bertz CT molecular complexity index is 1450. The van der Waals surface area contributed by atoms with E-state index in [1.165, 1.54) is 18.3 Å². The second-order valence-corrected chi connectivity index (χ2v) is 10.3. The van der Waals surface area contributed by atoms with Crippen LogP contribution >= 0.6 is 7.82 Å². The van der Waals surface area contributed by atoms with Crippen molar-refractivity contribution in [2.24, 2.45) is 0 Å². The minimum Gasteiger partial charge on any atom is -0.405 e. The third-order valence-electron chi connectivity index (χ3n) is 6.52. The van der Waals surface area contributed by atoms with Crippen LogP contribution in [0, 0.1) is 5.82 Å². The van der Waals surface area contributed by atoms with Gasteiger partial charge in [-0.05, 0) is 48.7 Å². The molecular formula is C21H18FN6O7P. The van der Waals surface area contributed by atoms with E-state index in [9.17, 15) is 14.5 Å². The predicted octanol–water partition coefficient (Wildman–Crippen LogP) is 3.14. The van der Waals surface area contributed by atoms with E-state index in [4.69, 9.17) is 18.3 Å². The number of halogens is 1. The molecule has 0 unspecified atom stereocenters. The molecular weight excluding hydrogens is 498 g/mol. The number of anilines is 1. The van der Waals surface area contributed by atoms with Crippen molar-refractivity contribution in [2.75, 3.05) is 4.90 Å². The van der Waals surface area contributed by atoms with Gasteiger partial charge in [-0.25, -0.2) is 32.2 Å². The van der Waals surface area contributed by atoms with E-state index in [1.54, 1.807) is 23.9 Å². The maximum atomic E-state index is 15.3. The minimum atomic E-state index is -4.00. The van der Waals surface area contributed by atoms with Crippen LogP contribution < -0.4 is 4.90 Å². The Labute approximate surface area is 202 Å². The molecule has 1 spiro atoms. The zero-order valence-electron chi connectivity index (χ0n) is 18.6. The van der Waals surface area contributed by atoms with Crippen LogP contribution in [0.5, 0.6) is 0 Å². The highest BCUT2D eigenvalue weighted by atomic mass is 31.2. The second kappa shape index (κ2) is 7.14. The Hall–Kier alpha value is -3.29. The van der Waals surface area contributed by atoms with E-state index in [0.29, 0.717) is 23.1 Å². The highest BCUT2D eigenvalue weighted by Crippen LogP contribution is 2.81. The van der Waals surface area contributed by atoms with Crippen molar-refractivity contribution in [3.8, 4) is 22.6 Å². The van der Waals surface area contributed by atoms with E-state index in [2.05, 4.69) is 20.4 Å². The van der Waals surface area contributed by atoms with Crippen LogP contribution in [0.25, 0.3) is 22.6 Å². The largest absolute Gasteiger partial charge is 0.486 e. The zero-order valence-corrected chi connectivity index (χ0v) is 19.5. The molecule has 1 saturated carbocycles. The number of nitrogens with zero attached hydrogens (tertiary/aromatic N) is 6. The molecule has 36 heavy (non-hydrogen) atoms. The lowest BCUT2D eigenvalue weighted by molar-refractivity contribution is -0.281. The van der Waals surface area contributed by atoms with E-state index in [0.717, 1.165) is 23.8 Å². The lowest BCUT2D eigenvalue weighted by Crippen LogP contribution is -2.63. The number of amides is 1. The normalized spacial score (nSPS) is 31.2. The molecule has 13 nitrogen and oxygen atoms in total. The minimum absolute atomic E-state index is 0.00588. The van der Waals surface area contributed by atoms with Gasteiger partial charge in [0.1, 0.15) is 17.6 Å². The first-order chi connectivity index (χ1) is 17.3. The van der Waals surface area contributed by atoms with E-state index >= 15 is 4.39 Å². The van der Waals surface area contributed by atoms with Gasteiger partial charge in [0.2, 0.25) is 5.82 Å². The molecule has 4 aliphatic heterocycles. The second-order valence-electron chi connectivity index (χ2n) is 8.86. The number of aromatic nitrogens is 5. The standard InChI is InChI=1S/C21H18FN6O7P/c1-2-17(29)20-21(34-36(31,33-20)35-21)27(19(30)32-20)13-6-7-14(15(22)9-13)11-3-8-16(23-10-11)18-24-26-28(25-18)12-4-5-12/h3,6-10,12,17,29H,2,4-5H2,1H3/t17-,20-,21?,36?/m1/s1. The summed E-state index contributed by atoms with van der Waals surface area (Å²) < 4.78 is 48.8. The van der Waals surface area contributed by atoms with Crippen LogP contribution in [0.1, 0.15) is 32.2 Å². The van der Waals surface area contributed by atoms with Gasteiger partial charge in [0.15, 0.2) is 0 Å². The topological polar surface area (TPSA) is 151 Å². The van der Waals surface area contributed by atoms with Gasteiger partial charge in [0.25, 0.3) is 0 Å². The van der Waals surface area contributed by atoms with Crippen molar-refractivity contribution >= 4 is 19.6 Å². The number of benzene rings is 1. The summed E-state index contributed by atoms with van der Waals surface area (Å²) in [7, 11) is -4.00. The first kappa shape index (κ1) is 21.9. The predicted molar refractivity (Wildman–Crippen MR) is 116 cm³/mol. The van der Waals surface area contributed by atoms with Crippen molar-refractivity contribution < 1.29 is 37.2 Å². The smallest absolute Gasteiger partial charge is 0.405 e. The monoisotopic (exact) mass is 516 g/mol. The Balaban J connectivity index is 1.19. The number of tetrazole rings is 1. The summed E-state index contributed by atoms with van der Waals surface area (Å²) in [5.74, 6) is -4.58. The molecule has 2 atom stereocenters. The van der Waals surface area contributed by atoms with Gasteiger partial charge in [-0.2, -0.15) is 4.80 Å². The molecule has 5 fully saturated rings. The highest BCUT2D eigenvalue weighted by Gasteiger charge is 2.91. The van der Waals surface area contributed by atoms with E-state index in [1.807, 2.05) is 0 Å². The average molecular weight is 516 g/mol. The van der Waals surface area contributed by atoms with Crippen molar-refractivity contribution in [1.82, 2.24) is 25.2 Å². The van der Waals surface area contributed by atoms with Crippen molar-refractivity contribution in [1.29, 1.82) is 0 Å². The van der Waals surface area contributed by atoms with Crippen LogP contribution in [-0.4, -0.2) is 54.2 Å². The van der Waals surface area contributed by atoms with Gasteiger partial charge in [0, 0.05) is 17.3 Å². The summed E-state index contributed by atoms with van der Waals surface area (Å²) in [6.07, 6.45) is 1.20. The molecule has 2 bridgehead atoms. The number of rotatable bonds is 6. The molecule has 5 aliphatic rings. The Kier molecular flexibility index (Phi) is 4.35. The van der Waals surface area contributed by atoms with Crippen LogP contribution in [-0.2, 0) is 22.9 Å². The van der Waals surface area contributed by atoms with Crippen molar-refractivity contribution in [2.45, 2.75) is 50.0 Å². The summed E-state index contributed by atoms with van der Waals surface area (Å²) in [6.45, 7) is 1.61. The summed E-state index contributed by atoms with van der Waals surface area (Å²) >= 11 is 0. The van der Waals surface area contributed by atoms with Gasteiger partial charge in [-0.1, -0.05) is 13.0 Å². The van der Waals surface area contributed by atoms with Gasteiger partial charge in [0.05, 0.1) is 11.7 Å². The van der Waals surface area contributed by atoms with Gasteiger partial charge < -0.3 is 9.84 Å². The fourth-order valence-electron chi connectivity index (χ4n) is 4.55. The number of aliphatic hydroxyl groups excluding tert-OH is 1. The SMILES string of the molecule is CC[C@@H](O)[C@]12OC(=O)N(c3ccc(-c4ccc(-c5nnn(C6CC6)n5)nc4)c(F)c3)C13OP(=O)(O3)O2. The van der Waals surface area contributed by atoms with Crippen LogP contribution in [0.4, 0.5) is 14.9 Å². The molecule has 6 heterocycles. The number of phosphoric ester groups is 1. The molecule has 1 aliphatic carbocycles. The van der Waals surface area contributed by atoms with Gasteiger partial charge >= 0.3 is 25.6 Å². The molecule has 3 aromatic rings. The number of phosphoric acid groups is 1. The maximum Gasteiger partial charge on any atom is 0.486 e. The molecule has 186 valence electrons. The highest BCUT2D eigenvalue weighted by molar-refractivity contribution is 7.50. The lowest BCUT2D eigenvalue weighted by Gasteiger charge is -2.39. The zero-order chi connectivity index (χ0) is 24.9. The number of carbonyl (C=O) groups is 1. The van der Waals surface area contributed by atoms with Gasteiger partial charge in [-0.15, -0.1) is 10.2 Å². The third kappa shape index (κ3) is 2.84. The Morgan fingerprint density at radius 3 is 2.72 bits per heavy atom. The summed E-state index contributed by atoms with van der Waals surface area (Å²) in [5, 5.41) is 22.9. The molecule has 15 heteroatoms. The Morgan fingerprint density at radius 2 is 2.06 bits per heavy atom. The van der Waals surface area contributed by atoms with Crippen molar-refractivity contribution in [3.63, 3.8) is 0 Å². The van der Waals surface area contributed by atoms with Crippen LogP contribution in [0.3, 0.4) is 0 Å². The molecule has 1 aromatic carbocycles. The quantitative estimate of drug-likeness (QED) is 0.481. The van der Waals surface area contributed by atoms with E-state index in [-0.39, 0.29) is 17.7 Å². The number of carbonyl (C=O) groups excluding carboxylic acids is 1. The molecule has 2 aromatic heterocycles. The summed E-state index contributed by atoms with van der Waals surface area (Å²) in [4.78, 5) is 19.5. The first-order valence-electron chi connectivity index (χ1n) is 11.3. The first-order valence-corrected chi connectivity index (χ1v) is 12.7. The molecule has 8 rings (SSSR count). The van der Waals surface area contributed by atoms with Crippen molar-refractivity contribution in [3.05, 3.63) is 42.3 Å². The Morgan fingerprint density at radius 1 is 1.25 bits per heavy atom. The molecule has 4 saturated heterocycles. The van der Waals surface area contributed by atoms with Crippen LogP contribution in [0.2, 0.25) is 0 Å². The van der Waals surface area contributed by atoms with Gasteiger partial charge in [-0.3, -0.25) is 4.98 Å². The number of hydrogen-bond donors (Lipinski definition) is 1. The maximum absolute atomic E-state index is 15.3. The lowest BCUT2D eigenvalue weighted by atomic mass is 10.0. The summed E-state index contributed by atoms with van der Waals surface area (Å²) in [5.41, 5.74) is 1.17. The number of pyridine rings is 1. The fourth-order valence-corrected chi connectivity index (χ4v) is 6.27. The average Bonchev–Trinajstić information content (AvgIpc) is 3.35. The third-order valence-corrected chi connectivity index (χ3v) is 7.95. The number of hydrogen-bond acceptors (Lipinski definition) is 11. The summed E-state index contributed by atoms with van der Waals surface area (Å²) in [6, 6.07) is 7.58. The fraction of sp³-hybridized carbons (Fsp3) is 0.381. The molecule has 1 amide bonds. The van der Waals surface area contributed by atoms with E-state index < -0.39 is 37.5 Å². The molecule has 1 N–H and O–H groups in total.